The summed E-state index contributed by atoms with van der Waals surface area (Å²) in [4.78, 5) is 10.8. The largest absolute Gasteiger partial charge is 0.494 e. The number of fused-ring (bicyclic) bond motifs is 3. The molecule has 0 atom stereocenters. The van der Waals surface area contributed by atoms with Gasteiger partial charge in [-0.15, -0.1) is 0 Å². The summed E-state index contributed by atoms with van der Waals surface area (Å²) in [6.07, 6.45) is 0. The Labute approximate surface area is 93.2 Å². The van der Waals surface area contributed by atoms with Crippen LogP contribution in [0.5, 0.6) is 5.75 Å². The standard InChI is InChI=1S/C11H12N4O/c1-16-8-4-2-3-7-9(8)14-11(12)15-6-5-13-10(7)15/h2-4H,5-6H2,1H3,(H2,12,14). The van der Waals surface area contributed by atoms with Gasteiger partial charge in [0, 0.05) is 12.1 Å². The Hall–Kier alpha value is -2.04. The van der Waals surface area contributed by atoms with E-state index in [4.69, 9.17) is 10.5 Å². The highest BCUT2D eigenvalue weighted by molar-refractivity contribution is 6.15. The Morgan fingerprint density at radius 2 is 2.31 bits per heavy atom. The van der Waals surface area contributed by atoms with Crippen molar-refractivity contribution >= 4 is 17.5 Å². The summed E-state index contributed by atoms with van der Waals surface area (Å²) >= 11 is 0. The number of amidine groups is 1. The van der Waals surface area contributed by atoms with Crippen molar-refractivity contribution in [1.82, 2.24) is 4.90 Å². The fourth-order valence-corrected chi connectivity index (χ4v) is 2.06. The van der Waals surface area contributed by atoms with Crippen LogP contribution in [0.25, 0.3) is 0 Å². The lowest BCUT2D eigenvalue weighted by molar-refractivity contribution is 0.415. The Kier molecular flexibility index (Phi) is 1.86. The van der Waals surface area contributed by atoms with Crippen LogP contribution in [0.3, 0.4) is 0 Å². The molecule has 3 rings (SSSR count). The molecule has 2 N–H and O–H groups in total. The van der Waals surface area contributed by atoms with Gasteiger partial charge in [-0.05, 0) is 12.1 Å². The molecular weight excluding hydrogens is 204 g/mol. The van der Waals surface area contributed by atoms with Crippen molar-refractivity contribution in [3.63, 3.8) is 0 Å². The quantitative estimate of drug-likeness (QED) is 0.752. The Bertz CT molecular complexity index is 507. The lowest BCUT2D eigenvalue weighted by Gasteiger charge is -2.25. The molecule has 82 valence electrons. The van der Waals surface area contributed by atoms with E-state index in [0.29, 0.717) is 5.96 Å². The molecule has 0 unspecified atom stereocenters. The number of benzene rings is 1. The molecule has 0 radical (unpaired) electrons. The van der Waals surface area contributed by atoms with E-state index in [1.54, 1.807) is 7.11 Å². The van der Waals surface area contributed by atoms with Crippen molar-refractivity contribution in [1.29, 1.82) is 0 Å². The highest BCUT2D eigenvalue weighted by Crippen LogP contribution is 2.35. The second kappa shape index (κ2) is 3.23. The molecule has 0 saturated heterocycles. The monoisotopic (exact) mass is 216 g/mol. The van der Waals surface area contributed by atoms with Gasteiger partial charge in [0.05, 0.1) is 13.7 Å². The maximum absolute atomic E-state index is 5.90. The average Bonchev–Trinajstić information content (AvgIpc) is 2.78. The predicted molar refractivity (Wildman–Crippen MR) is 62.4 cm³/mol. The third-order valence-corrected chi connectivity index (χ3v) is 2.80. The van der Waals surface area contributed by atoms with E-state index < -0.39 is 0 Å². The molecule has 2 heterocycles. The number of hydrogen-bond acceptors (Lipinski definition) is 5. The van der Waals surface area contributed by atoms with E-state index in [9.17, 15) is 0 Å². The second-order valence-corrected chi connectivity index (χ2v) is 3.68. The summed E-state index contributed by atoms with van der Waals surface area (Å²) in [5.74, 6) is 2.13. The van der Waals surface area contributed by atoms with Crippen molar-refractivity contribution in [3.8, 4) is 5.75 Å². The van der Waals surface area contributed by atoms with Crippen LogP contribution in [0.2, 0.25) is 0 Å². The molecule has 0 saturated carbocycles. The van der Waals surface area contributed by atoms with Crippen LogP contribution < -0.4 is 10.5 Å². The molecular formula is C11H12N4O. The predicted octanol–water partition coefficient (Wildman–Crippen LogP) is 0.717. The van der Waals surface area contributed by atoms with Gasteiger partial charge in [-0.25, -0.2) is 4.99 Å². The van der Waals surface area contributed by atoms with Crippen LogP contribution >= 0.6 is 0 Å². The zero-order chi connectivity index (χ0) is 11.1. The summed E-state index contributed by atoms with van der Waals surface area (Å²) in [5, 5.41) is 0. The smallest absolute Gasteiger partial charge is 0.202 e. The molecule has 1 aromatic carbocycles. The molecule has 0 fully saturated rings. The minimum atomic E-state index is 0.494. The lowest BCUT2D eigenvalue weighted by atomic mass is 10.1. The van der Waals surface area contributed by atoms with E-state index in [1.165, 1.54) is 0 Å². The van der Waals surface area contributed by atoms with Crippen molar-refractivity contribution < 1.29 is 4.74 Å². The first-order valence-corrected chi connectivity index (χ1v) is 5.15. The number of para-hydroxylation sites is 1. The summed E-state index contributed by atoms with van der Waals surface area (Å²) < 4.78 is 5.27. The number of guanidine groups is 1. The molecule has 1 aromatic rings. The molecule has 0 bridgehead atoms. The van der Waals surface area contributed by atoms with E-state index in [1.807, 2.05) is 23.1 Å². The van der Waals surface area contributed by atoms with Gasteiger partial charge < -0.3 is 10.5 Å². The van der Waals surface area contributed by atoms with Crippen LogP contribution in [-0.4, -0.2) is 36.9 Å². The number of rotatable bonds is 1. The molecule has 0 amide bonds. The van der Waals surface area contributed by atoms with Crippen LogP contribution in [-0.2, 0) is 0 Å². The van der Waals surface area contributed by atoms with Gasteiger partial charge in [-0.1, -0.05) is 6.07 Å². The van der Waals surface area contributed by atoms with Crippen molar-refractivity contribution in [2.75, 3.05) is 20.2 Å². The molecule has 0 aliphatic carbocycles. The van der Waals surface area contributed by atoms with E-state index >= 15 is 0 Å². The zero-order valence-electron chi connectivity index (χ0n) is 8.97. The first-order chi connectivity index (χ1) is 7.81. The first-order valence-electron chi connectivity index (χ1n) is 5.15. The van der Waals surface area contributed by atoms with Crippen LogP contribution in [0.1, 0.15) is 5.56 Å². The average molecular weight is 216 g/mol. The Morgan fingerprint density at radius 1 is 1.44 bits per heavy atom. The maximum Gasteiger partial charge on any atom is 0.202 e. The third-order valence-electron chi connectivity index (χ3n) is 2.80. The minimum Gasteiger partial charge on any atom is -0.494 e. The molecule has 0 aromatic heterocycles. The number of aliphatic imine (C=N–C) groups is 2. The fraction of sp³-hybridized carbons (Fsp3) is 0.273. The van der Waals surface area contributed by atoms with Crippen LogP contribution in [0, 0.1) is 0 Å². The minimum absolute atomic E-state index is 0.494. The lowest BCUT2D eigenvalue weighted by Crippen LogP contribution is -2.42. The van der Waals surface area contributed by atoms with Gasteiger partial charge in [0.15, 0.2) is 0 Å². The summed E-state index contributed by atoms with van der Waals surface area (Å²) in [7, 11) is 1.63. The van der Waals surface area contributed by atoms with Crippen LogP contribution in [0.15, 0.2) is 28.2 Å². The van der Waals surface area contributed by atoms with E-state index in [0.717, 1.165) is 35.9 Å². The fourth-order valence-electron chi connectivity index (χ4n) is 2.06. The van der Waals surface area contributed by atoms with Crippen LogP contribution in [0.4, 0.5) is 5.69 Å². The normalized spacial score (nSPS) is 17.4. The topological polar surface area (TPSA) is 63.2 Å². The number of nitrogens with two attached hydrogens (primary N) is 1. The van der Waals surface area contributed by atoms with Gasteiger partial charge in [0.1, 0.15) is 17.3 Å². The highest BCUT2D eigenvalue weighted by Gasteiger charge is 2.29. The Morgan fingerprint density at radius 3 is 3.12 bits per heavy atom. The van der Waals surface area contributed by atoms with E-state index in [2.05, 4.69) is 9.98 Å². The maximum atomic E-state index is 5.90. The molecule has 16 heavy (non-hydrogen) atoms. The van der Waals surface area contributed by atoms with Crippen molar-refractivity contribution in [3.05, 3.63) is 23.8 Å². The van der Waals surface area contributed by atoms with Gasteiger partial charge in [-0.3, -0.25) is 9.89 Å². The number of nitrogens with zero attached hydrogens (tertiary/aromatic N) is 3. The summed E-state index contributed by atoms with van der Waals surface area (Å²) in [6.45, 7) is 1.57. The van der Waals surface area contributed by atoms with E-state index in [-0.39, 0.29) is 0 Å². The molecule has 5 heteroatoms. The SMILES string of the molecule is COc1cccc2c1N=C(N)N1CCN=C21. The van der Waals surface area contributed by atoms with Gasteiger partial charge in [-0.2, -0.15) is 0 Å². The van der Waals surface area contributed by atoms with Crippen molar-refractivity contribution in [2.24, 2.45) is 15.7 Å². The molecule has 0 spiro atoms. The molecule has 5 nitrogen and oxygen atoms in total. The van der Waals surface area contributed by atoms with Gasteiger partial charge in [0.2, 0.25) is 5.96 Å². The summed E-state index contributed by atoms with van der Waals surface area (Å²) in [6, 6.07) is 5.81. The van der Waals surface area contributed by atoms with Crippen molar-refractivity contribution in [2.45, 2.75) is 0 Å². The first kappa shape index (κ1) is 9.21. The number of hydrogen-bond donors (Lipinski definition) is 1. The number of ether oxygens (including phenoxy) is 1. The number of methoxy groups -OCH3 is 1. The molecule has 2 aliphatic heterocycles. The van der Waals surface area contributed by atoms with Gasteiger partial charge in [0.25, 0.3) is 0 Å². The third kappa shape index (κ3) is 1.11. The zero-order valence-corrected chi connectivity index (χ0v) is 8.97. The highest BCUT2D eigenvalue weighted by atomic mass is 16.5. The van der Waals surface area contributed by atoms with Gasteiger partial charge >= 0.3 is 0 Å². The molecule has 2 aliphatic rings. The summed E-state index contributed by atoms with van der Waals surface area (Å²) in [5.41, 5.74) is 7.67. The second-order valence-electron chi connectivity index (χ2n) is 3.68. The Balaban J connectivity index is 2.25.